The van der Waals surface area contributed by atoms with Crippen molar-refractivity contribution in [3.05, 3.63) is 40.8 Å². The standard InChI is InChI=1S/C15H20N2O3/c1-10-14(11(2)20-17-10)9-19-15-7-13(18-4)6-5-12(15)8-16-3/h5-7,16H,8-9H2,1-4H3. The first-order chi connectivity index (χ1) is 9.65. The lowest BCUT2D eigenvalue weighted by Crippen LogP contribution is -2.08. The third kappa shape index (κ3) is 3.11. The highest BCUT2D eigenvalue weighted by molar-refractivity contribution is 5.41. The van der Waals surface area contributed by atoms with E-state index in [2.05, 4.69) is 10.5 Å². The molecule has 1 aromatic carbocycles. The van der Waals surface area contributed by atoms with Gasteiger partial charge in [-0.05, 0) is 27.0 Å². The predicted molar refractivity (Wildman–Crippen MR) is 76.1 cm³/mol. The zero-order chi connectivity index (χ0) is 14.5. The van der Waals surface area contributed by atoms with Crippen molar-refractivity contribution >= 4 is 0 Å². The lowest BCUT2D eigenvalue weighted by molar-refractivity contribution is 0.295. The van der Waals surface area contributed by atoms with E-state index in [1.165, 1.54) is 0 Å². The zero-order valence-corrected chi connectivity index (χ0v) is 12.3. The van der Waals surface area contributed by atoms with Gasteiger partial charge in [0.2, 0.25) is 0 Å². The van der Waals surface area contributed by atoms with Crippen LogP contribution in [-0.4, -0.2) is 19.3 Å². The van der Waals surface area contributed by atoms with Crippen molar-refractivity contribution in [2.75, 3.05) is 14.2 Å². The van der Waals surface area contributed by atoms with Crippen LogP contribution in [-0.2, 0) is 13.2 Å². The molecule has 20 heavy (non-hydrogen) atoms. The summed E-state index contributed by atoms with van der Waals surface area (Å²) in [5.41, 5.74) is 2.93. The van der Waals surface area contributed by atoms with Gasteiger partial charge in [0.15, 0.2) is 0 Å². The molecule has 108 valence electrons. The Balaban J connectivity index is 2.19. The van der Waals surface area contributed by atoms with E-state index in [0.29, 0.717) is 6.61 Å². The fourth-order valence-electron chi connectivity index (χ4n) is 1.99. The van der Waals surface area contributed by atoms with E-state index < -0.39 is 0 Å². The normalized spacial score (nSPS) is 10.6. The summed E-state index contributed by atoms with van der Waals surface area (Å²) in [6, 6.07) is 5.82. The molecule has 2 rings (SSSR count). The first-order valence-electron chi connectivity index (χ1n) is 6.51. The predicted octanol–water partition coefficient (Wildman–Crippen LogP) is 2.60. The molecule has 0 spiro atoms. The van der Waals surface area contributed by atoms with E-state index >= 15 is 0 Å². The number of methoxy groups -OCH3 is 1. The van der Waals surface area contributed by atoms with Gasteiger partial charge in [-0.3, -0.25) is 0 Å². The molecule has 1 N–H and O–H groups in total. The van der Waals surface area contributed by atoms with Crippen LogP contribution in [0.3, 0.4) is 0 Å². The Hall–Kier alpha value is -2.01. The molecule has 0 bridgehead atoms. The van der Waals surface area contributed by atoms with Crippen LogP contribution >= 0.6 is 0 Å². The van der Waals surface area contributed by atoms with E-state index in [4.69, 9.17) is 14.0 Å². The number of hydrogen-bond acceptors (Lipinski definition) is 5. The second-order valence-electron chi connectivity index (χ2n) is 4.60. The maximum absolute atomic E-state index is 5.92. The molecule has 5 heteroatoms. The highest BCUT2D eigenvalue weighted by Crippen LogP contribution is 2.26. The largest absolute Gasteiger partial charge is 0.497 e. The molecule has 0 atom stereocenters. The molecular weight excluding hydrogens is 256 g/mol. The van der Waals surface area contributed by atoms with Gasteiger partial charge in [-0.15, -0.1) is 0 Å². The number of benzene rings is 1. The molecule has 2 aromatic rings. The summed E-state index contributed by atoms with van der Waals surface area (Å²) < 4.78 is 16.3. The summed E-state index contributed by atoms with van der Waals surface area (Å²) in [7, 11) is 3.55. The molecule has 0 aliphatic rings. The Kier molecular flexibility index (Phi) is 4.63. The van der Waals surface area contributed by atoms with Crippen LogP contribution in [0.2, 0.25) is 0 Å². The summed E-state index contributed by atoms with van der Waals surface area (Å²) >= 11 is 0. The number of aryl methyl sites for hydroxylation is 2. The molecule has 1 heterocycles. The zero-order valence-electron chi connectivity index (χ0n) is 12.3. The van der Waals surface area contributed by atoms with E-state index in [1.54, 1.807) is 7.11 Å². The first kappa shape index (κ1) is 14.4. The summed E-state index contributed by atoms with van der Waals surface area (Å²) in [5, 5.41) is 7.06. The van der Waals surface area contributed by atoms with Crippen LogP contribution in [0.25, 0.3) is 0 Å². The van der Waals surface area contributed by atoms with Gasteiger partial charge in [-0.25, -0.2) is 0 Å². The number of nitrogens with zero attached hydrogens (tertiary/aromatic N) is 1. The topological polar surface area (TPSA) is 56.5 Å². The van der Waals surface area contributed by atoms with Crippen molar-refractivity contribution < 1.29 is 14.0 Å². The number of rotatable bonds is 6. The summed E-state index contributed by atoms with van der Waals surface area (Å²) in [6.45, 7) is 4.97. The molecule has 0 radical (unpaired) electrons. The fourth-order valence-corrected chi connectivity index (χ4v) is 1.99. The Bertz CT molecular complexity index is 559. The minimum Gasteiger partial charge on any atom is -0.497 e. The Morgan fingerprint density at radius 3 is 2.70 bits per heavy atom. The summed E-state index contributed by atoms with van der Waals surface area (Å²) in [5.74, 6) is 2.37. The van der Waals surface area contributed by atoms with E-state index in [-0.39, 0.29) is 0 Å². The lowest BCUT2D eigenvalue weighted by Gasteiger charge is -2.12. The SMILES string of the molecule is CNCc1ccc(OC)cc1OCc1c(C)noc1C. The van der Waals surface area contributed by atoms with Gasteiger partial charge in [0.25, 0.3) is 0 Å². The number of ether oxygens (including phenoxy) is 2. The second-order valence-corrected chi connectivity index (χ2v) is 4.60. The number of nitrogens with one attached hydrogen (secondary N) is 1. The van der Waals surface area contributed by atoms with Gasteiger partial charge in [-0.1, -0.05) is 11.2 Å². The van der Waals surface area contributed by atoms with E-state index in [9.17, 15) is 0 Å². The van der Waals surface area contributed by atoms with Gasteiger partial charge >= 0.3 is 0 Å². The molecule has 1 aromatic heterocycles. The van der Waals surface area contributed by atoms with E-state index in [1.807, 2.05) is 39.1 Å². The van der Waals surface area contributed by atoms with Crippen molar-refractivity contribution in [2.45, 2.75) is 27.0 Å². The molecule has 0 aliphatic heterocycles. The third-order valence-electron chi connectivity index (χ3n) is 3.19. The molecule has 0 fully saturated rings. The van der Waals surface area contributed by atoms with Gasteiger partial charge in [0.05, 0.1) is 18.4 Å². The molecule has 0 saturated carbocycles. The van der Waals surface area contributed by atoms with Crippen molar-refractivity contribution in [2.24, 2.45) is 0 Å². The molecule has 0 unspecified atom stereocenters. The Morgan fingerprint density at radius 1 is 1.30 bits per heavy atom. The maximum atomic E-state index is 5.92. The monoisotopic (exact) mass is 276 g/mol. The Labute approximate surface area is 118 Å². The molecule has 0 saturated heterocycles. The number of aromatic nitrogens is 1. The van der Waals surface area contributed by atoms with Crippen LogP contribution in [0, 0.1) is 13.8 Å². The third-order valence-corrected chi connectivity index (χ3v) is 3.19. The average molecular weight is 276 g/mol. The minimum atomic E-state index is 0.436. The van der Waals surface area contributed by atoms with Gasteiger partial charge in [0, 0.05) is 18.2 Å². The maximum Gasteiger partial charge on any atom is 0.140 e. The first-order valence-corrected chi connectivity index (χ1v) is 6.51. The molecule has 5 nitrogen and oxygen atoms in total. The molecular formula is C15H20N2O3. The van der Waals surface area contributed by atoms with E-state index in [0.717, 1.165) is 40.6 Å². The molecule has 0 amide bonds. The van der Waals surface area contributed by atoms with Crippen LogP contribution < -0.4 is 14.8 Å². The van der Waals surface area contributed by atoms with Crippen molar-refractivity contribution in [3.63, 3.8) is 0 Å². The van der Waals surface area contributed by atoms with Crippen LogP contribution in [0.4, 0.5) is 0 Å². The molecule has 0 aliphatic carbocycles. The van der Waals surface area contributed by atoms with Crippen LogP contribution in [0.15, 0.2) is 22.7 Å². The quantitative estimate of drug-likeness (QED) is 0.879. The number of hydrogen-bond donors (Lipinski definition) is 1. The van der Waals surface area contributed by atoms with Crippen molar-refractivity contribution in [3.8, 4) is 11.5 Å². The van der Waals surface area contributed by atoms with Crippen LogP contribution in [0.1, 0.15) is 22.6 Å². The van der Waals surface area contributed by atoms with Gasteiger partial charge < -0.3 is 19.3 Å². The van der Waals surface area contributed by atoms with Gasteiger partial charge in [-0.2, -0.15) is 0 Å². The smallest absolute Gasteiger partial charge is 0.140 e. The average Bonchev–Trinajstić information content (AvgIpc) is 2.77. The Morgan fingerprint density at radius 2 is 2.10 bits per heavy atom. The second kappa shape index (κ2) is 6.43. The lowest BCUT2D eigenvalue weighted by atomic mass is 10.2. The highest BCUT2D eigenvalue weighted by atomic mass is 16.5. The van der Waals surface area contributed by atoms with Crippen molar-refractivity contribution in [1.82, 2.24) is 10.5 Å². The van der Waals surface area contributed by atoms with Gasteiger partial charge in [0.1, 0.15) is 23.9 Å². The fraction of sp³-hybridized carbons (Fsp3) is 0.400. The summed E-state index contributed by atoms with van der Waals surface area (Å²) in [6.07, 6.45) is 0. The summed E-state index contributed by atoms with van der Waals surface area (Å²) in [4.78, 5) is 0. The van der Waals surface area contributed by atoms with Crippen molar-refractivity contribution in [1.29, 1.82) is 0 Å². The van der Waals surface area contributed by atoms with Crippen LogP contribution in [0.5, 0.6) is 11.5 Å². The minimum absolute atomic E-state index is 0.436. The highest BCUT2D eigenvalue weighted by Gasteiger charge is 2.11.